The third-order valence-corrected chi connectivity index (χ3v) is 3.78. The lowest BCUT2D eigenvalue weighted by Crippen LogP contribution is -2.46. The third kappa shape index (κ3) is 2.97. The van der Waals surface area contributed by atoms with Gasteiger partial charge in [-0.3, -0.25) is 9.59 Å². The number of nitrogens with zero attached hydrogens (tertiary/aromatic N) is 1. The van der Waals surface area contributed by atoms with Crippen molar-refractivity contribution in [2.45, 2.75) is 33.2 Å². The fourth-order valence-electron chi connectivity index (χ4n) is 2.18. The molecule has 1 aliphatic rings. The molecular formula is C12H22N2O3. The summed E-state index contributed by atoms with van der Waals surface area (Å²) >= 11 is 0. The van der Waals surface area contributed by atoms with E-state index in [1.54, 1.807) is 4.90 Å². The maximum Gasteiger partial charge on any atom is 0.308 e. The topological polar surface area (TPSA) is 83.6 Å². The molecule has 3 N–H and O–H groups in total. The summed E-state index contributed by atoms with van der Waals surface area (Å²) in [7, 11) is 0. The Hall–Kier alpha value is -1.10. The van der Waals surface area contributed by atoms with Crippen molar-refractivity contribution in [2.24, 2.45) is 23.5 Å². The molecular weight excluding hydrogens is 220 g/mol. The quantitative estimate of drug-likeness (QED) is 0.753. The molecule has 98 valence electrons. The van der Waals surface area contributed by atoms with Gasteiger partial charge in [0.2, 0.25) is 5.91 Å². The van der Waals surface area contributed by atoms with Crippen molar-refractivity contribution in [1.29, 1.82) is 0 Å². The first-order chi connectivity index (χ1) is 7.88. The number of aliphatic carboxylic acids is 1. The third-order valence-electron chi connectivity index (χ3n) is 3.78. The van der Waals surface area contributed by atoms with Gasteiger partial charge in [-0.1, -0.05) is 27.2 Å². The molecule has 0 aromatic heterocycles. The fraction of sp³-hybridized carbons (Fsp3) is 0.833. The predicted octanol–water partition coefficient (Wildman–Crippen LogP) is 0.539. The van der Waals surface area contributed by atoms with Gasteiger partial charge in [0.1, 0.15) is 0 Å². The molecule has 0 aliphatic carbocycles. The molecule has 0 radical (unpaired) electrons. The molecule has 1 heterocycles. The fourth-order valence-corrected chi connectivity index (χ4v) is 2.18. The molecule has 1 aliphatic heterocycles. The van der Waals surface area contributed by atoms with Crippen molar-refractivity contribution in [3.8, 4) is 0 Å². The maximum absolute atomic E-state index is 12.1. The van der Waals surface area contributed by atoms with Crippen LogP contribution >= 0.6 is 0 Å². The molecule has 5 heteroatoms. The summed E-state index contributed by atoms with van der Waals surface area (Å²) in [5, 5.41) is 9.01. The lowest BCUT2D eigenvalue weighted by atomic mass is 9.99. The summed E-state index contributed by atoms with van der Waals surface area (Å²) in [5.74, 6) is -1.27. The van der Waals surface area contributed by atoms with E-state index in [1.807, 2.05) is 20.8 Å². The van der Waals surface area contributed by atoms with E-state index in [0.717, 1.165) is 6.42 Å². The SMILES string of the molecule is CC[C@H](C)[C@H](N)C(=O)N1C[C@@H](C)[C@H](C(=O)O)C1. The van der Waals surface area contributed by atoms with E-state index < -0.39 is 17.9 Å². The van der Waals surface area contributed by atoms with E-state index in [-0.39, 0.29) is 17.7 Å². The van der Waals surface area contributed by atoms with Gasteiger partial charge in [0.05, 0.1) is 12.0 Å². The molecule has 17 heavy (non-hydrogen) atoms. The van der Waals surface area contributed by atoms with Gasteiger partial charge < -0.3 is 15.7 Å². The van der Waals surface area contributed by atoms with E-state index in [9.17, 15) is 9.59 Å². The summed E-state index contributed by atoms with van der Waals surface area (Å²) in [6, 6.07) is -0.514. The Bertz CT molecular complexity index is 306. The second-order valence-electron chi connectivity index (χ2n) is 5.08. The van der Waals surface area contributed by atoms with Gasteiger partial charge in [-0.05, 0) is 11.8 Å². The van der Waals surface area contributed by atoms with E-state index in [4.69, 9.17) is 10.8 Å². The predicted molar refractivity (Wildman–Crippen MR) is 64.3 cm³/mol. The van der Waals surface area contributed by atoms with Crippen LogP contribution < -0.4 is 5.73 Å². The highest BCUT2D eigenvalue weighted by Gasteiger charge is 2.38. The molecule has 0 aromatic rings. The summed E-state index contributed by atoms with van der Waals surface area (Å²) in [6.45, 7) is 6.58. The van der Waals surface area contributed by atoms with E-state index in [2.05, 4.69) is 0 Å². The number of carboxylic acid groups (broad SMARTS) is 1. The molecule has 5 nitrogen and oxygen atoms in total. The van der Waals surface area contributed by atoms with Crippen LogP contribution in [0.2, 0.25) is 0 Å². The number of likely N-dealkylation sites (tertiary alicyclic amines) is 1. The molecule has 0 aromatic carbocycles. The molecule has 1 amide bonds. The van der Waals surface area contributed by atoms with Crippen LogP contribution in [0.25, 0.3) is 0 Å². The molecule has 0 saturated carbocycles. The zero-order valence-corrected chi connectivity index (χ0v) is 10.7. The van der Waals surface area contributed by atoms with Crippen LogP contribution in [0, 0.1) is 17.8 Å². The number of carbonyl (C=O) groups is 2. The number of amides is 1. The van der Waals surface area contributed by atoms with Crippen LogP contribution in [0.1, 0.15) is 27.2 Å². The zero-order valence-electron chi connectivity index (χ0n) is 10.7. The number of carbonyl (C=O) groups excluding carboxylic acids is 1. The van der Waals surface area contributed by atoms with Crippen molar-refractivity contribution in [3.63, 3.8) is 0 Å². The van der Waals surface area contributed by atoms with Gasteiger partial charge in [-0.2, -0.15) is 0 Å². The Balaban J connectivity index is 2.64. The maximum atomic E-state index is 12.1. The highest BCUT2D eigenvalue weighted by molar-refractivity contribution is 5.83. The molecule has 1 rings (SSSR count). The van der Waals surface area contributed by atoms with Crippen molar-refractivity contribution >= 4 is 11.9 Å². The molecule has 4 atom stereocenters. The first-order valence-corrected chi connectivity index (χ1v) is 6.15. The van der Waals surface area contributed by atoms with Crippen LogP contribution in [0.3, 0.4) is 0 Å². The highest BCUT2D eigenvalue weighted by atomic mass is 16.4. The number of nitrogens with two attached hydrogens (primary N) is 1. The minimum atomic E-state index is -0.829. The zero-order chi connectivity index (χ0) is 13.2. The Labute approximate surface area is 102 Å². The second kappa shape index (κ2) is 5.49. The lowest BCUT2D eigenvalue weighted by Gasteiger charge is -2.24. The first-order valence-electron chi connectivity index (χ1n) is 6.15. The van der Waals surface area contributed by atoms with Gasteiger partial charge in [0, 0.05) is 13.1 Å². The van der Waals surface area contributed by atoms with Crippen molar-refractivity contribution in [3.05, 3.63) is 0 Å². The average Bonchev–Trinajstić information content (AvgIpc) is 2.68. The van der Waals surface area contributed by atoms with Crippen LogP contribution in [0.15, 0.2) is 0 Å². The summed E-state index contributed by atoms with van der Waals surface area (Å²) in [4.78, 5) is 24.6. The lowest BCUT2D eigenvalue weighted by molar-refractivity contribution is -0.142. The normalized spacial score (nSPS) is 27.9. The molecule has 0 unspecified atom stereocenters. The standard InChI is InChI=1S/C12H22N2O3/c1-4-7(2)10(13)11(15)14-5-8(3)9(6-14)12(16)17/h7-10H,4-6,13H2,1-3H3,(H,16,17)/t7-,8+,9+,10-/m0/s1. The Kier molecular flexibility index (Phi) is 4.51. The first kappa shape index (κ1) is 14.0. The number of hydrogen-bond acceptors (Lipinski definition) is 3. The molecule has 1 saturated heterocycles. The van der Waals surface area contributed by atoms with Gasteiger partial charge in [-0.15, -0.1) is 0 Å². The van der Waals surface area contributed by atoms with Gasteiger partial charge in [0.25, 0.3) is 0 Å². The largest absolute Gasteiger partial charge is 0.481 e. The summed E-state index contributed by atoms with van der Waals surface area (Å²) in [5.41, 5.74) is 5.88. The summed E-state index contributed by atoms with van der Waals surface area (Å²) in [6.07, 6.45) is 0.846. The Morgan fingerprint density at radius 1 is 1.47 bits per heavy atom. The van der Waals surface area contributed by atoms with Crippen molar-refractivity contribution in [2.75, 3.05) is 13.1 Å². The smallest absolute Gasteiger partial charge is 0.308 e. The van der Waals surface area contributed by atoms with E-state index in [0.29, 0.717) is 13.1 Å². The van der Waals surface area contributed by atoms with Crippen LogP contribution in [0.4, 0.5) is 0 Å². The van der Waals surface area contributed by atoms with Gasteiger partial charge in [0.15, 0.2) is 0 Å². The van der Waals surface area contributed by atoms with Crippen molar-refractivity contribution in [1.82, 2.24) is 4.90 Å². The molecule has 0 spiro atoms. The van der Waals surface area contributed by atoms with E-state index >= 15 is 0 Å². The molecule has 0 bridgehead atoms. The summed E-state index contributed by atoms with van der Waals surface area (Å²) < 4.78 is 0. The van der Waals surface area contributed by atoms with E-state index in [1.165, 1.54) is 0 Å². The van der Waals surface area contributed by atoms with Crippen LogP contribution in [-0.4, -0.2) is 41.0 Å². The number of hydrogen-bond donors (Lipinski definition) is 2. The Morgan fingerprint density at radius 2 is 2.06 bits per heavy atom. The molecule has 1 fully saturated rings. The van der Waals surface area contributed by atoms with Crippen molar-refractivity contribution < 1.29 is 14.7 Å². The van der Waals surface area contributed by atoms with Crippen LogP contribution in [0.5, 0.6) is 0 Å². The van der Waals surface area contributed by atoms with Gasteiger partial charge >= 0.3 is 5.97 Å². The monoisotopic (exact) mass is 242 g/mol. The van der Waals surface area contributed by atoms with Gasteiger partial charge in [-0.25, -0.2) is 0 Å². The minimum absolute atomic E-state index is 0.000539. The number of carboxylic acids is 1. The number of rotatable bonds is 4. The second-order valence-corrected chi connectivity index (χ2v) is 5.08. The average molecular weight is 242 g/mol. The van der Waals surface area contributed by atoms with Crippen LogP contribution in [-0.2, 0) is 9.59 Å². The highest BCUT2D eigenvalue weighted by Crippen LogP contribution is 2.24. The minimum Gasteiger partial charge on any atom is -0.481 e. The Morgan fingerprint density at radius 3 is 2.47 bits per heavy atom.